The van der Waals surface area contributed by atoms with Crippen molar-refractivity contribution in [1.82, 2.24) is 5.32 Å². The lowest BCUT2D eigenvalue weighted by molar-refractivity contribution is 0.570. The first kappa shape index (κ1) is 14.9. The van der Waals surface area contributed by atoms with Crippen molar-refractivity contribution in [2.24, 2.45) is 5.92 Å². The number of rotatable bonds is 7. The van der Waals surface area contributed by atoms with Gasteiger partial charge in [-0.25, -0.2) is 0 Å². The van der Waals surface area contributed by atoms with E-state index in [1.807, 2.05) is 11.8 Å². The highest BCUT2D eigenvalue weighted by atomic mass is 32.2. The van der Waals surface area contributed by atoms with Gasteiger partial charge in [0.1, 0.15) is 0 Å². The molecule has 0 radical (unpaired) electrons. The Morgan fingerprint density at radius 2 is 2.11 bits per heavy atom. The standard InChI is InChI=1S/C17H27NS/c1-3-11-18-14(2)16-9-6-10-17(12-16)19-13-15-7-4-5-8-15/h6,9-10,12,14-15,18H,3-5,7-8,11,13H2,1-2H3. The first-order valence-electron chi connectivity index (χ1n) is 7.75. The van der Waals surface area contributed by atoms with Gasteiger partial charge in [0, 0.05) is 16.7 Å². The predicted molar refractivity (Wildman–Crippen MR) is 85.8 cm³/mol. The topological polar surface area (TPSA) is 12.0 Å². The van der Waals surface area contributed by atoms with Crippen molar-refractivity contribution in [2.45, 2.75) is 56.9 Å². The van der Waals surface area contributed by atoms with E-state index in [-0.39, 0.29) is 0 Å². The van der Waals surface area contributed by atoms with E-state index < -0.39 is 0 Å². The Morgan fingerprint density at radius 3 is 2.84 bits per heavy atom. The summed E-state index contributed by atoms with van der Waals surface area (Å²) in [5.41, 5.74) is 1.42. The molecule has 2 heteroatoms. The Labute approximate surface area is 122 Å². The highest BCUT2D eigenvalue weighted by molar-refractivity contribution is 7.99. The molecular weight excluding hydrogens is 250 g/mol. The van der Waals surface area contributed by atoms with Gasteiger partial charge < -0.3 is 5.32 Å². The van der Waals surface area contributed by atoms with Crippen LogP contribution in [0.15, 0.2) is 29.2 Å². The van der Waals surface area contributed by atoms with E-state index in [0.717, 1.165) is 12.5 Å². The Balaban J connectivity index is 1.86. The maximum Gasteiger partial charge on any atom is 0.0292 e. The van der Waals surface area contributed by atoms with Crippen molar-refractivity contribution in [2.75, 3.05) is 12.3 Å². The maximum atomic E-state index is 3.56. The van der Waals surface area contributed by atoms with E-state index in [4.69, 9.17) is 0 Å². The molecule has 2 rings (SSSR count). The highest BCUT2D eigenvalue weighted by Crippen LogP contribution is 2.31. The van der Waals surface area contributed by atoms with Gasteiger partial charge in [-0.3, -0.25) is 0 Å². The van der Waals surface area contributed by atoms with E-state index in [0.29, 0.717) is 6.04 Å². The zero-order valence-corrected chi connectivity index (χ0v) is 13.1. The lowest BCUT2D eigenvalue weighted by atomic mass is 10.1. The quantitative estimate of drug-likeness (QED) is 0.702. The second kappa shape index (κ2) is 7.96. The van der Waals surface area contributed by atoms with E-state index >= 15 is 0 Å². The molecule has 1 saturated carbocycles. The van der Waals surface area contributed by atoms with Crippen LogP contribution in [0.5, 0.6) is 0 Å². The van der Waals surface area contributed by atoms with Crippen molar-refractivity contribution in [1.29, 1.82) is 0 Å². The lowest BCUT2D eigenvalue weighted by Gasteiger charge is -2.15. The summed E-state index contributed by atoms with van der Waals surface area (Å²) < 4.78 is 0. The number of hydrogen-bond acceptors (Lipinski definition) is 2. The third kappa shape index (κ3) is 4.85. The fourth-order valence-electron chi connectivity index (χ4n) is 2.74. The second-order valence-electron chi connectivity index (χ2n) is 5.71. The molecule has 0 bridgehead atoms. The smallest absolute Gasteiger partial charge is 0.0292 e. The Kier molecular flexibility index (Phi) is 6.25. The van der Waals surface area contributed by atoms with Crippen LogP contribution in [0, 0.1) is 5.92 Å². The van der Waals surface area contributed by atoms with Crippen LogP contribution in [0.1, 0.15) is 57.6 Å². The molecule has 1 unspecified atom stereocenters. The molecule has 1 aliphatic carbocycles. The Morgan fingerprint density at radius 1 is 1.32 bits per heavy atom. The third-order valence-electron chi connectivity index (χ3n) is 4.02. The Hall–Kier alpha value is -0.470. The molecule has 1 fully saturated rings. The fourth-order valence-corrected chi connectivity index (χ4v) is 3.90. The number of benzene rings is 1. The van der Waals surface area contributed by atoms with E-state index in [1.54, 1.807) is 0 Å². The summed E-state index contributed by atoms with van der Waals surface area (Å²) in [6.07, 6.45) is 6.98. The summed E-state index contributed by atoms with van der Waals surface area (Å²) in [5.74, 6) is 2.27. The van der Waals surface area contributed by atoms with Crippen molar-refractivity contribution < 1.29 is 0 Å². The van der Waals surface area contributed by atoms with Gasteiger partial charge in [0.2, 0.25) is 0 Å². The largest absolute Gasteiger partial charge is 0.310 e. The zero-order valence-electron chi connectivity index (χ0n) is 12.3. The van der Waals surface area contributed by atoms with Gasteiger partial charge in [0.05, 0.1) is 0 Å². The molecule has 0 aromatic heterocycles. The van der Waals surface area contributed by atoms with E-state index in [9.17, 15) is 0 Å². The summed E-state index contributed by atoms with van der Waals surface area (Å²) >= 11 is 2.05. The highest BCUT2D eigenvalue weighted by Gasteiger charge is 2.15. The minimum atomic E-state index is 0.465. The third-order valence-corrected chi connectivity index (χ3v) is 5.24. The lowest BCUT2D eigenvalue weighted by Crippen LogP contribution is -2.19. The van der Waals surface area contributed by atoms with Crippen LogP contribution in [0.25, 0.3) is 0 Å². The van der Waals surface area contributed by atoms with Gasteiger partial charge in [-0.05, 0) is 56.3 Å². The molecular formula is C17H27NS. The molecule has 0 saturated heterocycles. The summed E-state index contributed by atoms with van der Waals surface area (Å²) in [5, 5.41) is 3.56. The first-order chi connectivity index (χ1) is 9.29. The predicted octanol–water partition coefficient (Wildman–Crippen LogP) is 5.03. The zero-order chi connectivity index (χ0) is 13.5. The van der Waals surface area contributed by atoms with Crippen molar-refractivity contribution in [3.8, 4) is 0 Å². The van der Waals surface area contributed by atoms with Crippen molar-refractivity contribution in [3.05, 3.63) is 29.8 Å². The monoisotopic (exact) mass is 277 g/mol. The van der Waals surface area contributed by atoms with Crippen molar-refractivity contribution in [3.63, 3.8) is 0 Å². The average Bonchev–Trinajstić information content (AvgIpc) is 2.96. The van der Waals surface area contributed by atoms with Crippen LogP contribution < -0.4 is 5.32 Å². The molecule has 0 amide bonds. The van der Waals surface area contributed by atoms with Crippen LogP contribution in [-0.2, 0) is 0 Å². The fraction of sp³-hybridized carbons (Fsp3) is 0.647. The summed E-state index contributed by atoms with van der Waals surface area (Å²) in [7, 11) is 0. The molecule has 0 heterocycles. The number of hydrogen-bond donors (Lipinski definition) is 1. The van der Waals surface area contributed by atoms with Crippen molar-refractivity contribution >= 4 is 11.8 Å². The van der Waals surface area contributed by atoms with Gasteiger partial charge in [-0.1, -0.05) is 31.9 Å². The van der Waals surface area contributed by atoms with Gasteiger partial charge in [0.15, 0.2) is 0 Å². The number of thioether (sulfide) groups is 1. The average molecular weight is 277 g/mol. The van der Waals surface area contributed by atoms with Gasteiger partial charge in [0.25, 0.3) is 0 Å². The Bertz CT molecular complexity index is 371. The maximum absolute atomic E-state index is 3.56. The molecule has 1 aliphatic rings. The second-order valence-corrected chi connectivity index (χ2v) is 6.80. The minimum absolute atomic E-state index is 0.465. The van der Waals surface area contributed by atoms with Crippen LogP contribution in [0.4, 0.5) is 0 Å². The summed E-state index contributed by atoms with van der Waals surface area (Å²) in [4.78, 5) is 1.44. The van der Waals surface area contributed by atoms with Crippen LogP contribution >= 0.6 is 11.8 Å². The van der Waals surface area contributed by atoms with Crippen LogP contribution in [0.2, 0.25) is 0 Å². The van der Waals surface area contributed by atoms with Gasteiger partial charge in [-0.15, -0.1) is 11.8 Å². The van der Waals surface area contributed by atoms with E-state index in [2.05, 4.69) is 43.4 Å². The normalized spacial score (nSPS) is 17.8. The molecule has 106 valence electrons. The molecule has 1 atom stereocenters. The summed E-state index contributed by atoms with van der Waals surface area (Å²) in [6.45, 7) is 5.57. The molecule has 1 aromatic rings. The molecule has 0 spiro atoms. The first-order valence-corrected chi connectivity index (χ1v) is 8.74. The van der Waals surface area contributed by atoms with Crippen LogP contribution in [0.3, 0.4) is 0 Å². The minimum Gasteiger partial charge on any atom is -0.310 e. The molecule has 1 nitrogen and oxygen atoms in total. The van der Waals surface area contributed by atoms with Gasteiger partial charge >= 0.3 is 0 Å². The number of nitrogens with one attached hydrogen (secondary N) is 1. The molecule has 1 aromatic carbocycles. The van der Waals surface area contributed by atoms with Crippen LogP contribution in [-0.4, -0.2) is 12.3 Å². The molecule has 19 heavy (non-hydrogen) atoms. The van der Waals surface area contributed by atoms with Gasteiger partial charge in [-0.2, -0.15) is 0 Å². The van der Waals surface area contributed by atoms with E-state index in [1.165, 1.54) is 48.3 Å². The SMILES string of the molecule is CCCNC(C)c1cccc(SCC2CCCC2)c1. The molecule has 1 N–H and O–H groups in total. The molecule has 0 aliphatic heterocycles. The summed E-state index contributed by atoms with van der Waals surface area (Å²) in [6, 6.07) is 9.54.